The number of carbonyl (C=O) groups excluding carboxylic acids is 2. The van der Waals surface area contributed by atoms with Gasteiger partial charge in [-0.3, -0.25) is 9.59 Å². The van der Waals surface area contributed by atoms with Crippen molar-refractivity contribution in [3.8, 4) is 0 Å². The summed E-state index contributed by atoms with van der Waals surface area (Å²) < 4.78 is 37.4. The molecule has 9 heteroatoms. The van der Waals surface area contributed by atoms with Gasteiger partial charge in [0.15, 0.2) is 0 Å². The van der Waals surface area contributed by atoms with Gasteiger partial charge in [-0.2, -0.15) is 13.2 Å². The van der Waals surface area contributed by atoms with E-state index < -0.39 is 30.0 Å². The van der Waals surface area contributed by atoms with E-state index >= 15 is 0 Å². The van der Waals surface area contributed by atoms with Crippen LogP contribution >= 0.6 is 23.2 Å². The number of carbonyl (C=O) groups is 2. The largest absolute Gasteiger partial charge is 0.416 e. The van der Waals surface area contributed by atoms with Crippen molar-refractivity contribution in [2.75, 3.05) is 10.6 Å². The molecule has 0 aliphatic heterocycles. The number of benzene rings is 2. The van der Waals surface area contributed by atoms with Crippen LogP contribution in [0.25, 0.3) is 0 Å². The average Bonchev–Trinajstić information content (AvgIpc) is 2.45. The predicted molar refractivity (Wildman–Crippen MR) is 89.8 cm³/mol. The number of alkyl halides is 3. The van der Waals surface area contributed by atoms with Gasteiger partial charge >= 0.3 is 6.18 Å². The molecule has 0 aromatic heterocycles. The molecule has 2 N–H and O–H groups in total. The highest BCUT2D eigenvalue weighted by Gasteiger charge is 2.30. The second-order valence-electron chi connectivity index (χ2n) is 5.01. The summed E-state index contributed by atoms with van der Waals surface area (Å²) in [6.45, 7) is 0. The Morgan fingerprint density at radius 3 is 1.80 bits per heavy atom. The molecule has 0 atom stereocenters. The minimum atomic E-state index is -4.46. The van der Waals surface area contributed by atoms with E-state index in [-0.39, 0.29) is 5.69 Å². The zero-order valence-electron chi connectivity index (χ0n) is 12.5. The van der Waals surface area contributed by atoms with Crippen LogP contribution in [0.5, 0.6) is 0 Å². The Bertz CT molecular complexity index is 773. The van der Waals surface area contributed by atoms with Crippen LogP contribution in [0.15, 0.2) is 42.5 Å². The molecule has 0 spiro atoms. The minimum Gasteiger partial charge on any atom is -0.326 e. The first-order chi connectivity index (χ1) is 11.6. The molecule has 0 aliphatic carbocycles. The molecule has 0 fully saturated rings. The summed E-state index contributed by atoms with van der Waals surface area (Å²) in [5.74, 6) is -1.30. The molecule has 2 aromatic rings. The smallest absolute Gasteiger partial charge is 0.326 e. The third-order valence-electron chi connectivity index (χ3n) is 2.96. The van der Waals surface area contributed by atoms with Gasteiger partial charge in [0.05, 0.1) is 5.56 Å². The molecule has 0 unspecified atom stereocenters. The molecule has 132 valence electrons. The Kier molecular flexibility index (Phi) is 5.92. The Labute approximate surface area is 150 Å². The zero-order chi connectivity index (χ0) is 18.6. The van der Waals surface area contributed by atoms with Gasteiger partial charge in [0.2, 0.25) is 11.8 Å². The maximum Gasteiger partial charge on any atom is 0.416 e. The lowest BCUT2D eigenvalue weighted by molar-refractivity contribution is -0.137. The fraction of sp³-hybridized carbons (Fsp3) is 0.125. The summed E-state index contributed by atoms with van der Waals surface area (Å²) in [4.78, 5) is 23.6. The van der Waals surface area contributed by atoms with E-state index in [9.17, 15) is 22.8 Å². The monoisotopic (exact) mass is 390 g/mol. The molecule has 0 heterocycles. The second kappa shape index (κ2) is 7.76. The van der Waals surface area contributed by atoms with Crippen molar-refractivity contribution < 1.29 is 22.8 Å². The third kappa shape index (κ3) is 5.95. The molecule has 0 aliphatic rings. The van der Waals surface area contributed by atoms with Crippen LogP contribution in [0.2, 0.25) is 10.0 Å². The van der Waals surface area contributed by atoms with Gasteiger partial charge in [-0.25, -0.2) is 0 Å². The van der Waals surface area contributed by atoms with Crippen molar-refractivity contribution in [2.24, 2.45) is 0 Å². The zero-order valence-corrected chi connectivity index (χ0v) is 14.0. The Hall–Kier alpha value is -2.25. The Morgan fingerprint density at radius 1 is 0.840 bits per heavy atom. The molecule has 0 bridgehead atoms. The van der Waals surface area contributed by atoms with Crippen molar-refractivity contribution >= 4 is 46.4 Å². The number of rotatable bonds is 4. The van der Waals surface area contributed by atoms with E-state index in [0.717, 1.165) is 24.3 Å². The lowest BCUT2D eigenvalue weighted by Crippen LogP contribution is -2.21. The number of anilines is 2. The fourth-order valence-corrected chi connectivity index (χ4v) is 2.45. The van der Waals surface area contributed by atoms with Crippen LogP contribution in [0.1, 0.15) is 12.0 Å². The van der Waals surface area contributed by atoms with Crippen LogP contribution in [0.4, 0.5) is 24.5 Å². The number of hydrogen-bond donors (Lipinski definition) is 2. The van der Waals surface area contributed by atoms with Crippen molar-refractivity contribution in [3.05, 3.63) is 58.1 Å². The molecule has 0 radical (unpaired) electrons. The van der Waals surface area contributed by atoms with E-state index in [2.05, 4.69) is 10.6 Å². The quantitative estimate of drug-likeness (QED) is 0.723. The summed E-state index contributed by atoms with van der Waals surface area (Å²) in [7, 11) is 0. The highest BCUT2D eigenvalue weighted by atomic mass is 35.5. The van der Waals surface area contributed by atoms with Gasteiger partial charge in [0, 0.05) is 21.4 Å². The van der Waals surface area contributed by atoms with Crippen molar-refractivity contribution in [2.45, 2.75) is 12.6 Å². The van der Waals surface area contributed by atoms with Crippen LogP contribution in [0.3, 0.4) is 0 Å². The number of halogens is 5. The first-order valence-electron chi connectivity index (χ1n) is 6.86. The molecule has 2 amide bonds. The standard InChI is InChI=1S/C16H11Cl2F3N2O2/c17-10-5-11(18)7-13(6-10)23-15(25)8-14(24)22-12-3-1-9(2-4-12)16(19,20)21/h1-7H,8H2,(H,22,24)(H,23,25). The van der Waals surface area contributed by atoms with E-state index in [1.807, 2.05) is 0 Å². The topological polar surface area (TPSA) is 58.2 Å². The van der Waals surface area contributed by atoms with E-state index in [1.54, 1.807) is 0 Å². The van der Waals surface area contributed by atoms with Crippen LogP contribution in [0, 0.1) is 0 Å². The molecule has 0 saturated carbocycles. The van der Waals surface area contributed by atoms with Gasteiger partial charge < -0.3 is 10.6 Å². The molecule has 2 rings (SSSR count). The lowest BCUT2D eigenvalue weighted by Gasteiger charge is -2.09. The predicted octanol–water partition coefficient (Wildman–Crippen LogP) is 4.98. The summed E-state index contributed by atoms with van der Waals surface area (Å²) in [6, 6.07) is 8.28. The first-order valence-corrected chi connectivity index (χ1v) is 7.62. The normalized spacial score (nSPS) is 11.1. The van der Waals surface area contributed by atoms with Crippen molar-refractivity contribution in [1.82, 2.24) is 0 Å². The summed E-state index contributed by atoms with van der Waals surface area (Å²) in [5, 5.41) is 5.43. The van der Waals surface area contributed by atoms with E-state index in [0.29, 0.717) is 15.7 Å². The van der Waals surface area contributed by atoms with Crippen LogP contribution in [-0.4, -0.2) is 11.8 Å². The second-order valence-corrected chi connectivity index (χ2v) is 5.88. The fourth-order valence-electron chi connectivity index (χ4n) is 1.92. The van der Waals surface area contributed by atoms with Crippen molar-refractivity contribution in [1.29, 1.82) is 0 Å². The minimum absolute atomic E-state index is 0.150. The molecule has 0 saturated heterocycles. The molecule has 4 nitrogen and oxygen atoms in total. The average molecular weight is 391 g/mol. The highest BCUT2D eigenvalue weighted by Crippen LogP contribution is 2.29. The first kappa shape index (κ1) is 19.1. The van der Waals surface area contributed by atoms with Gasteiger partial charge in [0.1, 0.15) is 6.42 Å². The van der Waals surface area contributed by atoms with E-state index in [1.165, 1.54) is 18.2 Å². The summed E-state index contributed by atoms with van der Waals surface area (Å²) >= 11 is 11.6. The Morgan fingerprint density at radius 2 is 1.32 bits per heavy atom. The van der Waals surface area contributed by atoms with Gasteiger partial charge in [0.25, 0.3) is 0 Å². The van der Waals surface area contributed by atoms with Gasteiger partial charge in [-0.15, -0.1) is 0 Å². The van der Waals surface area contributed by atoms with Crippen LogP contribution < -0.4 is 10.6 Å². The maximum absolute atomic E-state index is 12.5. The maximum atomic E-state index is 12.5. The molecular formula is C16H11Cl2F3N2O2. The highest BCUT2D eigenvalue weighted by molar-refractivity contribution is 6.35. The molecule has 25 heavy (non-hydrogen) atoms. The molecular weight excluding hydrogens is 380 g/mol. The SMILES string of the molecule is O=C(CC(=O)Nc1cc(Cl)cc(Cl)c1)Nc1ccc(C(F)(F)F)cc1. The summed E-state index contributed by atoms with van der Waals surface area (Å²) in [6.07, 6.45) is -4.98. The molecule has 2 aromatic carbocycles. The Balaban J connectivity index is 1.92. The lowest BCUT2D eigenvalue weighted by atomic mass is 10.2. The summed E-state index contributed by atoms with van der Waals surface area (Å²) in [5.41, 5.74) is -0.359. The van der Waals surface area contributed by atoms with Gasteiger partial charge in [-0.1, -0.05) is 23.2 Å². The van der Waals surface area contributed by atoms with E-state index in [4.69, 9.17) is 23.2 Å². The number of amides is 2. The number of nitrogens with one attached hydrogen (secondary N) is 2. The number of hydrogen-bond acceptors (Lipinski definition) is 2. The van der Waals surface area contributed by atoms with Crippen molar-refractivity contribution in [3.63, 3.8) is 0 Å². The third-order valence-corrected chi connectivity index (χ3v) is 3.40. The van der Waals surface area contributed by atoms with Crippen LogP contribution in [-0.2, 0) is 15.8 Å². The van der Waals surface area contributed by atoms with Gasteiger partial charge in [-0.05, 0) is 42.5 Å².